The fourth-order valence-corrected chi connectivity index (χ4v) is 2.71. The molecule has 0 bridgehead atoms. The summed E-state index contributed by atoms with van der Waals surface area (Å²) in [7, 11) is 0. The Morgan fingerprint density at radius 1 is 1.14 bits per heavy atom. The highest BCUT2D eigenvalue weighted by Crippen LogP contribution is 2.32. The molecule has 0 aliphatic heterocycles. The molecule has 0 saturated carbocycles. The van der Waals surface area contributed by atoms with Crippen molar-refractivity contribution in [1.82, 2.24) is 9.97 Å². The van der Waals surface area contributed by atoms with Gasteiger partial charge in [-0.15, -0.1) is 0 Å². The average molecular weight is 283 g/mol. The molecule has 0 unspecified atom stereocenters. The van der Waals surface area contributed by atoms with Crippen LogP contribution in [0.25, 0.3) is 0 Å². The van der Waals surface area contributed by atoms with Crippen molar-refractivity contribution in [3.05, 3.63) is 41.3 Å². The molecule has 0 fully saturated rings. The molecule has 1 aromatic carbocycles. The van der Waals surface area contributed by atoms with E-state index in [4.69, 9.17) is 4.74 Å². The molecule has 0 amide bonds. The number of nitrogens with zero attached hydrogens (tertiary/aromatic N) is 2. The van der Waals surface area contributed by atoms with Gasteiger partial charge in [-0.3, -0.25) is 0 Å². The Morgan fingerprint density at radius 3 is 2.76 bits per heavy atom. The van der Waals surface area contributed by atoms with Crippen LogP contribution in [0.15, 0.2) is 24.3 Å². The maximum atomic E-state index is 5.86. The van der Waals surface area contributed by atoms with Crippen LogP contribution in [0.4, 0.5) is 11.5 Å². The minimum atomic E-state index is 0.144. The summed E-state index contributed by atoms with van der Waals surface area (Å²) >= 11 is 0. The zero-order valence-electron chi connectivity index (χ0n) is 12.8. The molecule has 1 aliphatic carbocycles. The van der Waals surface area contributed by atoms with Crippen LogP contribution in [0.3, 0.4) is 0 Å². The number of hydrogen-bond donors (Lipinski definition) is 1. The van der Waals surface area contributed by atoms with E-state index in [1.165, 1.54) is 11.3 Å². The monoisotopic (exact) mass is 283 g/mol. The van der Waals surface area contributed by atoms with Gasteiger partial charge in [0.2, 0.25) is 0 Å². The van der Waals surface area contributed by atoms with E-state index in [1.54, 1.807) is 0 Å². The maximum absolute atomic E-state index is 5.86. The van der Waals surface area contributed by atoms with Crippen molar-refractivity contribution in [2.24, 2.45) is 0 Å². The minimum absolute atomic E-state index is 0.144. The van der Waals surface area contributed by atoms with Gasteiger partial charge in [0.05, 0.1) is 11.8 Å². The molecule has 0 spiro atoms. The molecular weight excluding hydrogens is 262 g/mol. The standard InChI is InChI=1S/C17H21N3O/c1-11(2)21-16-10-5-4-8-15(16)20-17-13-7-6-9-14(13)18-12(3)19-17/h4-5,8,10-11H,6-7,9H2,1-3H3,(H,18,19,20). The van der Waals surface area contributed by atoms with Gasteiger partial charge in [-0.05, 0) is 52.2 Å². The number of fused-ring (bicyclic) bond motifs is 1. The molecule has 1 aromatic heterocycles. The van der Waals surface area contributed by atoms with Gasteiger partial charge >= 0.3 is 0 Å². The molecular formula is C17H21N3O. The second kappa shape index (κ2) is 5.72. The first-order valence-electron chi connectivity index (χ1n) is 7.52. The van der Waals surface area contributed by atoms with E-state index in [0.29, 0.717) is 0 Å². The van der Waals surface area contributed by atoms with Crippen LogP contribution in [0.5, 0.6) is 5.75 Å². The zero-order valence-corrected chi connectivity index (χ0v) is 12.8. The predicted molar refractivity (Wildman–Crippen MR) is 84.3 cm³/mol. The van der Waals surface area contributed by atoms with Gasteiger partial charge in [0, 0.05) is 11.3 Å². The molecule has 2 aromatic rings. The number of hydrogen-bond acceptors (Lipinski definition) is 4. The number of anilines is 2. The normalized spacial score (nSPS) is 13.3. The highest BCUT2D eigenvalue weighted by molar-refractivity contribution is 5.66. The lowest BCUT2D eigenvalue weighted by Crippen LogP contribution is -2.09. The quantitative estimate of drug-likeness (QED) is 0.927. The van der Waals surface area contributed by atoms with Crippen LogP contribution < -0.4 is 10.1 Å². The Balaban J connectivity index is 1.94. The van der Waals surface area contributed by atoms with Crippen LogP contribution in [0.2, 0.25) is 0 Å². The molecule has 1 aliphatic rings. The van der Waals surface area contributed by atoms with E-state index in [9.17, 15) is 0 Å². The predicted octanol–water partition coefficient (Wildman–Crippen LogP) is 3.80. The Hall–Kier alpha value is -2.10. The summed E-state index contributed by atoms with van der Waals surface area (Å²) < 4.78 is 5.86. The molecule has 110 valence electrons. The summed E-state index contributed by atoms with van der Waals surface area (Å²) in [5.41, 5.74) is 3.39. The van der Waals surface area contributed by atoms with Gasteiger partial charge in [0.15, 0.2) is 0 Å². The van der Waals surface area contributed by atoms with Gasteiger partial charge in [0.25, 0.3) is 0 Å². The van der Waals surface area contributed by atoms with Crippen molar-refractivity contribution in [1.29, 1.82) is 0 Å². The van der Waals surface area contributed by atoms with Crippen molar-refractivity contribution in [3.63, 3.8) is 0 Å². The number of rotatable bonds is 4. The van der Waals surface area contributed by atoms with Gasteiger partial charge in [0.1, 0.15) is 17.4 Å². The number of aryl methyl sites for hydroxylation is 2. The summed E-state index contributed by atoms with van der Waals surface area (Å²) in [6.07, 6.45) is 3.40. The van der Waals surface area contributed by atoms with Crippen molar-refractivity contribution in [2.75, 3.05) is 5.32 Å². The molecule has 4 nitrogen and oxygen atoms in total. The van der Waals surface area contributed by atoms with Crippen LogP contribution in [-0.4, -0.2) is 16.1 Å². The number of para-hydroxylation sites is 2. The fourth-order valence-electron chi connectivity index (χ4n) is 2.71. The molecule has 0 atom stereocenters. The summed E-state index contributed by atoms with van der Waals surface area (Å²) in [5, 5.41) is 3.44. The molecule has 21 heavy (non-hydrogen) atoms. The van der Waals surface area contributed by atoms with Gasteiger partial charge in [-0.2, -0.15) is 0 Å². The molecule has 1 heterocycles. The lowest BCUT2D eigenvalue weighted by atomic mass is 10.2. The molecule has 1 N–H and O–H groups in total. The second-order valence-electron chi connectivity index (χ2n) is 5.69. The Kier molecular flexibility index (Phi) is 3.78. The highest BCUT2D eigenvalue weighted by atomic mass is 16.5. The smallest absolute Gasteiger partial charge is 0.143 e. The van der Waals surface area contributed by atoms with Crippen LogP contribution in [-0.2, 0) is 12.8 Å². The molecule has 0 radical (unpaired) electrons. The van der Waals surface area contributed by atoms with Crippen molar-refractivity contribution in [3.8, 4) is 5.75 Å². The number of benzene rings is 1. The lowest BCUT2D eigenvalue weighted by Gasteiger charge is -2.16. The van der Waals surface area contributed by atoms with E-state index >= 15 is 0 Å². The van der Waals surface area contributed by atoms with E-state index in [1.807, 2.05) is 45.0 Å². The topological polar surface area (TPSA) is 47.0 Å². The first kappa shape index (κ1) is 13.9. The first-order chi connectivity index (χ1) is 10.1. The molecule has 4 heteroatoms. The summed E-state index contributed by atoms with van der Waals surface area (Å²) in [4.78, 5) is 9.13. The van der Waals surface area contributed by atoms with Gasteiger partial charge in [-0.1, -0.05) is 12.1 Å². The second-order valence-corrected chi connectivity index (χ2v) is 5.69. The van der Waals surface area contributed by atoms with Gasteiger partial charge in [-0.25, -0.2) is 9.97 Å². The Bertz CT molecular complexity index is 652. The maximum Gasteiger partial charge on any atom is 0.143 e. The summed E-state index contributed by atoms with van der Waals surface area (Å²) in [6.45, 7) is 6.01. The number of ether oxygens (including phenoxy) is 1. The Labute approximate surface area is 125 Å². The van der Waals surface area contributed by atoms with E-state index < -0.39 is 0 Å². The number of nitrogens with one attached hydrogen (secondary N) is 1. The first-order valence-corrected chi connectivity index (χ1v) is 7.52. The fraction of sp³-hybridized carbons (Fsp3) is 0.412. The van der Waals surface area contributed by atoms with E-state index in [-0.39, 0.29) is 6.10 Å². The molecule has 3 rings (SSSR count). The summed E-state index contributed by atoms with van der Waals surface area (Å²) in [5.74, 6) is 2.60. The highest BCUT2D eigenvalue weighted by Gasteiger charge is 2.19. The van der Waals surface area contributed by atoms with Crippen LogP contribution >= 0.6 is 0 Å². The third kappa shape index (κ3) is 2.99. The van der Waals surface area contributed by atoms with E-state index in [0.717, 1.165) is 42.3 Å². The lowest BCUT2D eigenvalue weighted by molar-refractivity contribution is 0.244. The van der Waals surface area contributed by atoms with Crippen molar-refractivity contribution in [2.45, 2.75) is 46.1 Å². The average Bonchev–Trinajstić information content (AvgIpc) is 2.88. The van der Waals surface area contributed by atoms with E-state index in [2.05, 4.69) is 15.3 Å². The minimum Gasteiger partial charge on any atom is -0.489 e. The largest absolute Gasteiger partial charge is 0.489 e. The van der Waals surface area contributed by atoms with Crippen molar-refractivity contribution >= 4 is 11.5 Å². The van der Waals surface area contributed by atoms with Crippen LogP contribution in [0.1, 0.15) is 37.4 Å². The van der Waals surface area contributed by atoms with Gasteiger partial charge < -0.3 is 10.1 Å². The number of aromatic nitrogens is 2. The third-order valence-electron chi connectivity index (χ3n) is 3.55. The Morgan fingerprint density at radius 2 is 1.95 bits per heavy atom. The zero-order chi connectivity index (χ0) is 14.8. The SMILES string of the molecule is Cc1nc2c(c(Nc3ccccc3OC(C)C)n1)CCC2. The van der Waals surface area contributed by atoms with Crippen LogP contribution in [0, 0.1) is 6.92 Å². The van der Waals surface area contributed by atoms with Crippen molar-refractivity contribution < 1.29 is 4.74 Å². The third-order valence-corrected chi connectivity index (χ3v) is 3.55. The molecule has 0 saturated heterocycles. The summed E-state index contributed by atoms with van der Waals surface area (Å²) in [6, 6.07) is 8.00.